The van der Waals surface area contributed by atoms with Crippen LogP contribution in [-0.2, 0) is 20.1 Å². The van der Waals surface area contributed by atoms with Crippen molar-refractivity contribution in [2.45, 2.75) is 13.1 Å². The van der Waals surface area contributed by atoms with E-state index in [1.807, 2.05) is 18.2 Å². The van der Waals surface area contributed by atoms with E-state index in [0.717, 1.165) is 16.9 Å². The van der Waals surface area contributed by atoms with Crippen LogP contribution in [0.15, 0.2) is 29.3 Å². The number of hydrogen-bond acceptors (Lipinski definition) is 4. The van der Waals surface area contributed by atoms with Crippen LogP contribution in [0, 0.1) is 0 Å². The molecular weight excluding hydrogens is 232 g/mol. The molecule has 0 radical (unpaired) electrons. The summed E-state index contributed by atoms with van der Waals surface area (Å²) in [6, 6.07) is 5.69. The van der Waals surface area contributed by atoms with Crippen molar-refractivity contribution in [1.29, 1.82) is 0 Å². The Kier molecular flexibility index (Phi) is 3.47. The van der Waals surface area contributed by atoms with Gasteiger partial charge in [0.15, 0.2) is 0 Å². The summed E-state index contributed by atoms with van der Waals surface area (Å²) >= 11 is 0. The number of aromatic nitrogens is 3. The van der Waals surface area contributed by atoms with Crippen LogP contribution >= 0.6 is 0 Å². The quantitative estimate of drug-likeness (QED) is 0.832. The van der Waals surface area contributed by atoms with Crippen molar-refractivity contribution < 1.29 is 4.74 Å². The first-order valence-electron chi connectivity index (χ1n) is 5.60. The lowest BCUT2D eigenvalue weighted by molar-refractivity contribution is 0.406. The highest BCUT2D eigenvalue weighted by Crippen LogP contribution is 2.20. The van der Waals surface area contributed by atoms with Crippen molar-refractivity contribution in [3.63, 3.8) is 0 Å². The van der Waals surface area contributed by atoms with Gasteiger partial charge in [-0.3, -0.25) is 4.57 Å². The fourth-order valence-corrected chi connectivity index (χ4v) is 1.77. The second-order valence-corrected chi connectivity index (χ2v) is 4.03. The van der Waals surface area contributed by atoms with Gasteiger partial charge in [0.25, 0.3) is 0 Å². The summed E-state index contributed by atoms with van der Waals surface area (Å²) in [5, 5.41) is 4.02. The minimum Gasteiger partial charge on any atom is -0.496 e. The average molecular weight is 248 g/mol. The third-order valence-electron chi connectivity index (χ3n) is 2.79. The molecule has 1 aromatic heterocycles. The first-order chi connectivity index (χ1) is 8.65. The topological polar surface area (TPSA) is 75.1 Å². The summed E-state index contributed by atoms with van der Waals surface area (Å²) < 4.78 is 8.09. The van der Waals surface area contributed by atoms with Gasteiger partial charge < -0.3 is 10.5 Å². The van der Waals surface area contributed by atoms with Crippen LogP contribution in [0.1, 0.15) is 11.1 Å². The molecule has 0 atom stereocenters. The van der Waals surface area contributed by atoms with Gasteiger partial charge in [-0.1, -0.05) is 6.07 Å². The van der Waals surface area contributed by atoms with E-state index in [1.165, 1.54) is 15.6 Å². The summed E-state index contributed by atoms with van der Waals surface area (Å²) in [6.45, 7) is 0.824. The van der Waals surface area contributed by atoms with Gasteiger partial charge in [-0.25, -0.2) is 9.48 Å². The zero-order chi connectivity index (χ0) is 13.1. The molecule has 6 heteroatoms. The number of rotatable bonds is 4. The van der Waals surface area contributed by atoms with Gasteiger partial charge in [0.1, 0.15) is 12.1 Å². The average Bonchev–Trinajstić information content (AvgIpc) is 2.70. The Morgan fingerprint density at radius 1 is 1.44 bits per heavy atom. The van der Waals surface area contributed by atoms with Crippen LogP contribution in [0.25, 0.3) is 0 Å². The Labute approximate surface area is 105 Å². The molecule has 0 spiro atoms. The predicted octanol–water partition coefficient (Wildman–Crippen LogP) is 0.0974. The summed E-state index contributed by atoms with van der Waals surface area (Å²) in [5.41, 5.74) is 7.34. The molecule has 0 saturated heterocycles. The third kappa shape index (κ3) is 2.28. The third-order valence-corrected chi connectivity index (χ3v) is 2.79. The number of methoxy groups -OCH3 is 1. The molecule has 6 nitrogen and oxygen atoms in total. The van der Waals surface area contributed by atoms with E-state index in [4.69, 9.17) is 10.5 Å². The minimum absolute atomic E-state index is 0.157. The molecule has 0 aliphatic heterocycles. The van der Waals surface area contributed by atoms with Crippen LogP contribution in [0.3, 0.4) is 0 Å². The number of nitrogens with zero attached hydrogens (tertiary/aromatic N) is 3. The van der Waals surface area contributed by atoms with Gasteiger partial charge >= 0.3 is 5.69 Å². The maximum atomic E-state index is 11.7. The van der Waals surface area contributed by atoms with E-state index in [9.17, 15) is 4.79 Å². The largest absolute Gasteiger partial charge is 0.496 e. The predicted molar refractivity (Wildman–Crippen MR) is 67.5 cm³/mol. The van der Waals surface area contributed by atoms with E-state index in [-0.39, 0.29) is 5.69 Å². The van der Waals surface area contributed by atoms with Gasteiger partial charge in [-0.05, 0) is 17.7 Å². The number of ether oxygens (including phenoxy) is 1. The summed E-state index contributed by atoms with van der Waals surface area (Å²) in [5.74, 6) is 0.727. The molecule has 0 unspecified atom stereocenters. The van der Waals surface area contributed by atoms with Gasteiger partial charge in [0.05, 0.1) is 13.7 Å². The SMILES string of the molecule is COc1ccc(CN)cc1Cn1ncn(C)c1=O. The number of hydrogen-bond donors (Lipinski definition) is 1. The maximum Gasteiger partial charge on any atom is 0.345 e. The Morgan fingerprint density at radius 2 is 2.22 bits per heavy atom. The standard InChI is InChI=1S/C12H16N4O2/c1-15-8-14-16(12(15)17)7-10-5-9(6-13)3-4-11(10)18-2/h3-5,8H,6-7,13H2,1-2H3. The molecule has 0 bridgehead atoms. The molecule has 0 fully saturated rings. The van der Waals surface area contributed by atoms with E-state index in [2.05, 4.69) is 5.10 Å². The maximum absolute atomic E-state index is 11.7. The van der Waals surface area contributed by atoms with E-state index in [1.54, 1.807) is 14.2 Å². The molecule has 2 aromatic rings. The first-order valence-corrected chi connectivity index (χ1v) is 5.60. The van der Waals surface area contributed by atoms with E-state index >= 15 is 0 Å². The van der Waals surface area contributed by atoms with Crippen LogP contribution < -0.4 is 16.2 Å². The highest BCUT2D eigenvalue weighted by Gasteiger charge is 2.08. The second kappa shape index (κ2) is 5.05. The van der Waals surface area contributed by atoms with Gasteiger partial charge in [0.2, 0.25) is 0 Å². The second-order valence-electron chi connectivity index (χ2n) is 4.03. The van der Waals surface area contributed by atoms with Crippen LogP contribution in [0.4, 0.5) is 0 Å². The highest BCUT2D eigenvalue weighted by molar-refractivity contribution is 5.37. The van der Waals surface area contributed by atoms with Crippen molar-refractivity contribution in [3.05, 3.63) is 46.1 Å². The Morgan fingerprint density at radius 3 is 2.78 bits per heavy atom. The molecule has 0 amide bonds. The Hall–Kier alpha value is -2.08. The van der Waals surface area contributed by atoms with Crippen LogP contribution in [0.2, 0.25) is 0 Å². The molecular formula is C12H16N4O2. The molecule has 0 aliphatic carbocycles. The van der Waals surface area contributed by atoms with Crippen molar-refractivity contribution in [1.82, 2.24) is 14.3 Å². The van der Waals surface area contributed by atoms with Crippen LogP contribution in [0.5, 0.6) is 5.75 Å². The molecule has 1 aromatic carbocycles. The lowest BCUT2D eigenvalue weighted by atomic mass is 10.1. The van der Waals surface area contributed by atoms with Gasteiger partial charge in [-0.2, -0.15) is 5.10 Å². The van der Waals surface area contributed by atoms with Crippen molar-refractivity contribution in [2.75, 3.05) is 7.11 Å². The molecule has 2 rings (SSSR count). The zero-order valence-corrected chi connectivity index (χ0v) is 10.5. The lowest BCUT2D eigenvalue weighted by Gasteiger charge is -2.09. The number of nitrogens with two attached hydrogens (primary N) is 1. The summed E-state index contributed by atoms with van der Waals surface area (Å²) in [4.78, 5) is 11.7. The number of aryl methyl sites for hydroxylation is 1. The monoisotopic (exact) mass is 248 g/mol. The molecule has 2 N–H and O–H groups in total. The van der Waals surface area contributed by atoms with Gasteiger partial charge in [-0.15, -0.1) is 0 Å². The molecule has 0 saturated carbocycles. The van der Waals surface area contributed by atoms with E-state index in [0.29, 0.717) is 13.1 Å². The van der Waals surface area contributed by atoms with Crippen molar-refractivity contribution >= 4 is 0 Å². The first kappa shape index (κ1) is 12.4. The van der Waals surface area contributed by atoms with Gasteiger partial charge in [0, 0.05) is 19.2 Å². The smallest absolute Gasteiger partial charge is 0.345 e. The molecule has 1 heterocycles. The number of benzene rings is 1. The summed E-state index contributed by atoms with van der Waals surface area (Å²) in [6.07, 6.45) is 1.49. The lowest BCUT2D eigenvalue weighted by Crippen LogP contribution is -2.23. The minimum atomic E-state index is -0.157. The summed E-state index contributed by atoms with van der Waals surface area (Å²) in [7, 11) is 3.27. The Balaban J connectivity index is 2.38. The molecule has 96 valence electrons. The van der Waals surface area contributed by atoms with Crippen LogP contribution in [-0.4, -0.2) is 21.5 Å². The fourth-order valence-electron chi connectivity index (χ4n) is 1.77. The zero-order valence-electron chi connectivity index (χ0n) is 10.5. The normalized spacial score (nSPS) is 10.6. The Bertz CT molecular complexity index is 600. The van der Waals surface area contributed by atoms with Crippen molar-refractivity contribution in [3.8, 4) is 5.75 Å². The fraction of sp³-hybridized carbons (Fsp3) is 0.333. The molecule has 0 aliphatic rings. The van der Waals surface area contributed by atoms with Crippen molar-refractivity contribution in [2.24, 2.45) is 12.8 Å². The highest BCUT2D eigenvalue weighted by atomic mass is 16.5. The molecule has 18 heavy (non-hydrogen) atoms. The van der Waals surface area contributed by atoms with E-state index < -0.39 is 0 Å².